The molecule has 3 N–H and O–H groups in total. The number of hydrogen-bond donors (Lipinski definition) is 3. The van der Waals surface area contributed by atoms with Gasteiger partial charge in [0, 0.05) is 23.7 Å². The number of sulfonamides is 1. The number of ether oxygens (including phenoxy) is 1. The molecule has 0 bridgehead atoms. The molecule has 1 aliphatic rings. The highest BCUT2D eigenvalue weighted by Gasteiger charge is 2.29. The van der Waals surface area contributed by atoms with Gasteiger partial charge in [-0.25, -0.2) is 22.2 Å². The molecule has 2 heterocycles. The number of pyridine rings is 1. The van der Waals surface area contributed by atoms with Crippen LogP contribution < -0.4 is 20.1 Å². The van der Waals surface area contributed by atoms with E-state index in [0.717, 1.165) is 18.4 Å². The number of benzene rings is 1. The van der Waals surface area contributed by atoms with Crippen molar-refractivity contribution in [1.29, 1.82) is 0 Å². The summed E-state index contributed by atoms with van der Waals surface area (Å²) in [5.41, 5.74) is 0.478. The maximum atomic E-state index is 13.3. The van der Waals surface area contributed by atoms with Gasteiger partial charge in [-0.3, -0.25) is 14.3 Å². The van der Waals surface area contributed by atoms with Crippen LogP contribution in [0.3, 0.4) is 0 Å². The summed E-state index contributed by atoms with van der Waals surface area (Å²) >= 11 is 0. The molecule has 3 aromatic rings. The van der Waals surface area contributed by atoms with E-state index < -0.39 is 39.4 Å². The largest absolute Gasteiger partial charge is 0.474 e. The topological polar surface area (TPSA) is 165 Å². The van der Waals surface area contributed by atoms with Gasteiger partial charge < -0.3 is 19.8 Å². The minimum Gasteiger partial charge on any atom is -0.474 e. The Balaban J connectivity index is 1.26. The third-order valence-corrected chi connectivity index (χ3v) is 5.97. The molecular weight excluding hydrogens is 514 g/mol. The zero-order valence-corrected chi connectivity index (χ0v) is 20.2. The lowest BCUT2D eigenvalue weighted by Gasteiger charge is -2.27. The Morgan fingerprint density at radius 2 is 1.76 bits per heavy atom. The molecule has 0 unspecified atom stereocenters. The lowest BCUT2D eigenvalue weighted by atomic mass is 9.87. The van der Waals surface area contributed by atoms with Crippen LogP contribution in [0.5, 0.6) is 5.88 Å². The first-order valence-electron chi connectivity index (χ1n) is 11.1. The van der Waals surface area contributed by atoms with E-state index in [-0.39, 0.29) is 23.7 Å². The highest BCUT2D eigenvalue weighted by molar-refractivity contribution is 7.89. The van der Waals surface area contributed by atoms with E-state index in [0.29, 0.717) is 37.3 Å². The summed E-state index contributed by atoms with van der Waals surface area (Å²) in [6.07, 6.45) is 4.20. The van der Waals surface area contributed by atoms with Gasteiger partial charge >= 0.3 is 17.8 Å². The first-order valence-corrected chi connectivity index (χ1v) is 13.0. The summed E-state index contributed by atoms with van der Waals surface area (Å²) in [7, 11) is -3.59. The summed E-state index contributed by atoms with van der Waals surface area (Å²) < 4.78 is 61.8. The number of nitrogens with one attached hydrogen (secondary N) is 3. The Kier molecular flexibility index (Phi) is 7.61. The van der Waals surface area contributed by atoms with Crippen LogP contribution in [0.15, 0.2) is 40.9 Å². The van der Waals surface area contributed by atoms with Gasteiger partial charge in [0.2, 0.25) is 21.8 Å². The predicted molar refractivity (Wildman–Crippen MR) is 125 cm³/mol. The van der Waals surface area contributed by atoms with Gasteiger partial charge in [-0.1, -0.05) is 5.10 Å². The van der Waals surface area contributed by atoms with Gasteiger partial charge in [0.15, 0.2) is 11.6 Å². The number of rotatable bonds is 8. The van der Waals surface area contributed by atoms with Gasteiger partial charge in [-0.2, -0.15) is 0 Å². The molecule has 15 heteroatoms. The number of carbonyl (C=O) groups is 2. The number of aromatic nitrogens is 3. The summed E-state index contributed by atoms with van der Waals surface area (Å²) in [4.78, 5) is 28.5. The van der Waals surface area contributed by atoms with Gasteiger partial charge in [-0.15, -0.1) is 5.10 Å². The highest BCUT2D eigenvalue weighted by atomic mass is 32.2. The van der Waals surface area contributed by atoms with E-state index in [4.69, 9.17) is 9.15 Å². The quantitative estimate of drug-likeness (QED) is 0.390. The van der Waals surface area contributed by atoms with Crippen molar-refractivity contribution >= 4 is 39.2 Å². The second-order valence-electron chi connectivity index (χ2n) is 8.34. The van der Waals surface area contributed by atoms with E-state index in [1.54, 1.807) is 12.1 Å². The third kappa shape index (κ3) is 7.19. The summed E-state index contributed by atoms with van der Waals surface area (Å²) in [6.45, 7) is 0. The number of nitrogens with zero attached hydrogens (tertiary/aromatic N) is 3. The van der Waals surface area contributed by atoms with Crippen LogP contribution in [-0.2, 0) is 14.8 Å². The van der Waals surface area contributed by atoms with Gasteiger partial charge in [0.05, 0.1) is 18.1 Å². The van der Waals surface area contributed by atoms with E-state index in [1.165, 1.54) is 12.3 Å². The lowest BCUT2D eigenvalue weighted by molar-refractivity contribution is -0.124. The number of carbonyl (C=O) groups excluding carboxylic acids is 2. The fourth-order valence-corrected chi connectivity index (χ4v) is 4.18. The normalized spacial score (nSPS) is 17.6. The Morgan fingerprint density at radius 1 is 1.03 bits per heavy atom. The Morgan fingerprint density at radius 3 is 2.41 bits per heavy atom. The molecule has 0 radical (unpaired) electrons. The minimum atomic E-state index is -3.59. The second-order valence-corrected chi connectivity index (χ2v) is 10.1. The van der Waals surface area contributed by atoms with Crippen LogP contribution in [0.1, 0.15) is 36.4 Å². The molecule has 4 rings (SSSR count). The maximum absolute atomic E-state index is 13.3. The third-order valence-electron chi connectivity index (χ3n) is 5.40. The van der Waals surface area contributed by atoms with Crippen molar-refractivity contribution in [3.63, 3.8) is 0 Å². The Hall–Kier alpha value is -4.14. The molecule has 0 spiro atoms. The lowest BCUT2D eigenvalue weighted by Crippen LogP contribution is -2.38. The van der Waals surface area contributed by atoms with Crippen molar-refractivity contribution in [3.05, 3.63) is 54.1 Å². The maximum Gasteiger partial charge on any atom is 0.320 e. The van der Waals surface area contributed by atoms with Crippen LogP contribution in [0.25, 0.3) is 0 Å². The van der Waals surface area contributed by atoms with E-state index in [9.17, 15) is 26.8 Å². The average molecular weight is 537 g/mol. The molecule has 0 aliphatic heterocycles. The van der Waals surface area contributed by atoms with Crippen molar-refractivity contribution in [2.24, 2.45) is 5.92 Å². The van der Waals surface area contributed by atoms with Gasteiger partial charge in [0.25, 0.3) is 0 Å². The molecule has 2 aromatic heterocycles. The zero-order valence-electron chi connectivity index (χ0n) is 19.4. The fourth-order valence-electron chi connectivity index (χ4n) is 3.65. The smallest absolute Gasteiger partial charge is 0.320 e. The molecule has 1 saturated carbocycles. The van der Waals surface area contributed by atoms with Crippen molar-refractivity contribution in [3.8, 4) is 5.88 Å². The summed E-state index contributed by atoms with van der Waals surface area (Å²) in [5.74, 6) is -3.74. The zero-order chi connectivity index (χ0) is 26.6. The molecule has 196 valence electrons. The Labute approximate surface area is 209 Å². The SMILES string of the molecule is CS(=O)(=O)NC(=O)C1CCC(Oc2ccc(NC(=O)c3nnc(Nc4ccc(F)c(F)c4)o3)cn2)CC1. The minimum absolute atomic E-state index is 0.153. The van der Waals surface area contributed by atoms with Crippen LogP contribution in [0, 0.1) is 17.6 Å². The van der Waals surface area contributed by atoms with Crippen molar-refractivity contribution in [2.75, 3.05) is 16.9 Å². The molecule has 1 fully saturated rings. The number of halogens is 2. The standard InChI is InChI=1S/C22H22F2N6O6S/c1-37(33,34)30-19(31)12-2-6-15(7-3-12)35-18-9-5-14(11-25-18)26-20(32)21-28-29-22(36-21)27-13-4-8-16(23)17(24)10-13/h4-5,8-12,15H,2-3,6-7H2,1H3,(H,26,32)(H,27,29)(H,30,31). The van der Waals surface area contributed by atoms with Crippen molar-refractivity contribution < 1.29 is 35.9 Å². The molecule has 0 atom stereocenters. The highest BCUT2D eigenvalue weighted by Crippen LogP contribution is 2.28. The van der Waals surface area contributed by atoms with Crippen LogP contribution in [-0.4, -0.2) is 47.8 Å². The molecule has 1 aromatic carbocycles. The number of hydrogen-bond acceptors (Lipinski definition) is 10. The van der Waals surface area contributed by atoms with Crippen LogP contribution in [0.4, 0.5) is 26.2 Å². The van der Waals surface area contributed by atoms with Crippen molar-refractivity contribution in [1.82, 2.24) is 19.9 Å². The molecule has 2 amide bonds. The molecule has 0 saturated heterocycles. The van der Waals surface area contributed by atoms with Crippen molar-refractivity contribution in [2.45, 2.75) is 31.8 Å². The monoisotopic (exact) mass is 536 g/mol. The van der Waals surface area contributed by atoms with E-state index >= 15 is 0 Å². The second kappa shape index (κ2) is 10.9. The summed E-state index contributed by atoms with van der Waals surface area (Å²) in [6, 6.07) is 6.01. The van der Waals surface area contributed by atoms with Gasteiger partial charge in [-0.05, 0) is 43.9 Å². The molecule has 1 aliphatic carbocycles. The molecule has 12 nitrogen and oxygen atoms in total. The molecular formula is C22H22F2N6O6S. The fraction of sp³-hybridized carbons (Fsp3) is 0.318. The Bertz CT molecular complexity index is 1390. The summed E-state index contributed by atoms with van der Waals surface area (Å²) in [5, 5.41) is 12.4. The number of anilines is 3. The molecule has 37 heavy (non-hydrogen) atoms. The van der Waals surface area contributed by atoms with E-state index in [2.05, 4.69) is 25.8 Å². The first-order chi connectivity index (χ1) is 17.6. The van der Waals surface area contributed by atoms with E-state index in [1.807, 2.05) is 4.72 Å². The van der Waals surface area contributed by atoms with Crippen LogP contribution in [0.2, 0.25) is 0 Å². The predicted octanol–water partition coefficient (Wildman–Crippen LogP) is 2.75. The van der Waals surface area contributed by atoms with Gasteiger partial charge in [0.1, 0.15) is 6.10 Å². The average Bonchev–Trinajstić information content (AvgIpc) is 3.31. The number of amides is 2. The first kappa shape index (κ1) is 25.9. The van der Waals surface area contributed by atoms with Crippen LogP contribution >= 0.6 is 0 Å².